The number of hydrogen-bond acceptors (Lipinski definition) is 5. The molecule has 0 radical (unpaired) electrons. The van der Waals surface area contributed by atoms with E-state index in [1.54, 1.807) is 0 Å². The topological polar surface area (TPSA) is 81.8 Å². The van der Waals surface area contributed by atoms with Gasteiger partial charge in [-0.2, -0.15) is 0 Å². The van der Waals surface area contributed by atoms with Crippen LogP contribution in [0, 0.1) is 5.92 Å². The average Bonchev–Trinajstić information content (AvgIpc) is 2.62. The third kappa shape index (κ3) is 3.97. The smallest absolute Gasteiger partial charge is 0.331 e. The van der Waals surface area contributed by atoms with E-state index in [9.17, 15) is 14.4 Å². The molecule has 1 aliphatic heterocycles. The summed E-state index contributed by atoms with van der Waals surface area (Å²) >= 11 is 0. The van der Waals surface area contributed by atoms with E-state index in [0.717, 1.165) is 43.5 Å². The van der Waals surface area contributed by atoms with Gasteiger partial charge in [-0.1, -0.05) is 25.8 Å². The Bertz CT molecular complexity index is 751. The fourth-order valence-corrected chi connectivity index (χ4v) is 3.68. The van der Waals surface area contributed by atoms with E-state index in [1.807, 2.05) is 43.3 Å². The Morgan fingerprint density at radius 2 is 1.74 bits per heavy atom. The van der Waals surface area contributed by atoms with E-state index in [4.69, 9.17) is 0 Å². The van der Waals surface area contributed by atoms with Crippen molar-refractivity contribution in [3.8, 4) is 0 Å². The highest BCUT2D eigenvalue weighted by molar-refractivity contribution is 6.18. The average molecular weight is 370 g/mol. The molecule has 7 nitrogen and oxygen atoms in total. The molecule has 1 aromatic rings. The number of benzene rings is 1. The zero-order valence-electron chi connectivity index (χ0n) is 15.8. The van der Waals surface area contributed by atoms with Gasteiger partial charge in [0, 0.05) is 37.2 Å². The van der Waals surface area contributed by atoms with E-state index in [1.165, 1.54) is 4.90 Å². The van der Waals surface area contributed by atoms with Gasteiger partial charge in [0.1, 0.15) is 0 Å². The van der Waals surface area contributed by atoms with Crippen LogP contribution in [0.4, 0.5) is 16.2 Å². The maximum Gasteiger partial charge on any atom is 0.331 e. The Kier molecular flexibility index (Phi) is 5.48. The van der Waals surface area contributed by atoms with Crippen molar-refractivity contribution in [1.82, 2.24) is 10.2 Å². The van der Waals surface area contributed by atoms with Gasteiger partial charge in [0.2, 0.25) is 11.8 Å². The van der Waals surface area contributed by atoms with Crippen LogP contribution in [0.5, 0.6) is 0 Å². The second-order valence-corrected chi connectivity index (χ2v) is 7.32. The van der Waals surface area contributed by atoms with Crippen molar-refractivity contribution in [2.45, 2.75) is 38.1 Å². The minimum Gasteiger partial charge on any atom is -0.378 e. The molecule has 1 atom stereocenters. The molecule has 1 aromatic carbocycles. The van der Waals surface area contributed by atoms with Gasteiger partial charge in [-0.3, -0.25) is 19.8 Å². The SMILES string of the molecule is C=C(Nc1ccc(N(C)C)cc1)[C@H]1C(=O)NC(=O)N(C2CCCCC2)C1=O. The number of imide groups is 2. The van der Waals surface area contributed by atoms with Crippen LogP contribution in [0.3, 0.4) is 0 Å². The summed E-state index contributed by atoms with van der Waals surface area (Å²) in [6.07, 6.45) is 4.65. The van der Waals surface area contributed by atoms with Gasteiger partial charge in [0.05, 0.1) is 0 Å². The van der Waals surface area contributed by atoms with Gasteiger partial charge < -0.3 is 10.2 Å². The quantitative estimate of drug-likeness (QED) is 0.779. The van der Waals surface area contributed by atoms with Gasteiger partial charge in [0.25, 0.3) is 0 Å². The number of amides is 4. The lowest BCUT2D eigenvalue weighted by Crippen LogP contribution is -2.61. The van der Waals surface area contributed by atoms with Gasteiger partial charge in [-0.15, -0.1) is 0 Å². The van der Waals surface area contributed by atoms with Crippen molar-refractivity contribution in [3.63, 3.8) is 0 Å². The number of rotatable bonds is 5. The number of hydrogen-bond donors (Lipinski definition) is 2. The molecule has 2 aliphatic rings. The third-order valence-electron chi connectivity index (χ3n) is 5.17. The molecule has 144 valence electrons. The highest BCUT2D eigenvalue weighted by Crippen LogP contribution is 2.28. The maximum absolute atomic E-state index is 13.0. The summed E-state index contributed by atoms with van der Waals surface area (Å²) in [4.78, 5) is 40.8. The summed E-state index contributed by atoms with van der Waals surface area (Å²) in [5, 5.41) is 5.36. The van der Waals surface area contributed by atoms with Gasteiger partial charge in [0.15, 0.2) is 5.92 Å². The van der Waals surface area contributed by atoms with E-state index in [-0.39, 0.29) is 11.7 Å². The lowest BCUT2D eigenvalue weighted by atomic mass is 9.91. The molecular formula is C20H26N4O3. The summed E-state index contributed by atoms with van der Waals surface area (Å²) in [5.41, 5.74) is 2.03. The lowest BCUT2D eigenvalue weighted by Gasteiger charge is -2.38. The Morgan fingerprint density at radius 1 is 1.11 bits per heavy atom. The summed E-state index contributed by atoms with van der Waals surface area (Å²) in [5.74, 6) is -2.23. The predicted molar refractivity (Wildman–Crippen MR) is 104 cm³/mol. The van der Waals surface area contributed by atoms with Gasteiger partial charge >= 0.3 is 6.03 Å². The predicted octanol–water partition coefficient (Wildman–Crippen LogP) is 2.71. The molecule has 2 fully saturated rings. The number of nitrogens with zero attached hydrogens (tertiary/aromatic N) is 2. The molecule has 0 aromatic heterocycles. The number of urea groups is 1. The van der Waals surface area contributed by atoms with E-state index < -0.39 is 23.8 Å². The fraction of sp³-hybridized carbons (Fsp3) is 0.450. The number of anilines is 2. The zero-order chi connectivity index (χ0) is 19.6. The number of carbonyl (C=O) groups is 3. The van der Waals surface area contributed by atoms with Crippen molar-refractivity contribution in [2.75, 3.05) is 24.3 Å². The molecule has 0 unspecified atom stereocenters. The van der Waals surface area contributed by atoms with Crippen LogP contribution in [0.2, 0.25) is 0 Å². The summed E-state index contributed by atoms with van der Waals surface area (Å²) in [6, 6.07) is 6.81. The minimum absolute atomic E-state index is 0.144. The highest BCUT2D eigenvalue weighted by atomic mass is 16.2. The number of nitrogens with one attached hydrogen (secondary N) is 2. The second-order valence-electron chi connectivity index (χ2n) is 7.32. The molecule has 1 aliphatic carbocycles. The molecule has 1 heterocycles. The van der Waals surface area contributed by atoms with Crippen molar-refractivity contribution in [2.24, 2.45) is 5.92 Å². The van der Waals surface area contributed by atoms with Crippen molar-refractivity contribution in [3.05, 3.63) is 36.5 Å². The maximum atomic E-state index is 13.0. The Morgan fingerprint density at radius 3 is 2.33 bits per heavy atom. The molecule has 7 heteroatoms. The molecule has 1 saturated heterocycles. The van der Waals surface area contributed by atoms with Crippen LogP contribution in [-0.2, 0) is 9.59 Å². The summed E-state index contributed by atoms with van der Waals surface area (Å²) in [7, 11) is 3.90. The lowest BCUT2D eigenvalue weighted by molar-refractivity contribution is -0.142. The number of barbiturate groups is 1. The van der Waals surface area contributed by atoms with Crippen LogP contribution >= 0.6 is 0 Å². The molecular weight excluding hydrogens is 344 g/mol. The van der Waals surface area contributed by atoms with Crippen LogP contribution in [0.15, 0.2) is 36.5 Å². The summed E-state index contributed by atoms with van der Waals surface area (Å²) < 4.78 is 0. The fourth-order valence-electron chi connectivity index (χ4n) is 3.68. The first-order chi connectivity index (χ1) is 12.9. The van der Waals surface area contributed by atoms with E-state index in [2.05, 4.69) is 17.2 Å². The van der Waals surface area contributed by atoms with Crippen LogP contribution < -0.4 is 15.5 Å². The molecule has 0 spiro atoms. The van der Waals surface area contributed by atoms with Gasteiger partial charge in [-0.25, -0.2) is 4.79 Å². The standard InChI is InChI=1S/C20H26N4O3/c1-13(21-14-9-11-15(12-10-14)23(2)3)17-18(25)22-20(27)24(19(17)26)16-7-5-4-6-8-16/h9-12,16-17,21H,1,4-8H2,2-3H3,(H,22,25,27)/t17-/m0/s1. The van der Waals surface area contributed by atoms with Crippen molar-refractivity contribution >= 4 is 29.2 Å². The molecule has 4 amide bonds. The van der Waals surface area contributed by atoms with E-state index >= 15 is 0 Å². The molecule has 0 bridgehead atoms. The van der Waals surface area contributed by atoms with Crippen molar-refractivity contribution < 1.29 is 14.4 Å². The Labute approximate surface area is 159 Å². The first kappa shape index (κ1) is 18.9. The van der Waals surface area contributed by atoms with E-state index in [0.29, 0.717) is 0 Å². The van der Waals surface area contributed by atoms with Crippen LogP contribution in [0.1, 0.15) is 32.1 Å². The van der Waals surface area contributed by atoms with Crippen molar-refractivity contribution in [1.29, 1.82) is 0 Å². The minimum atomic E-state index is -1.11. The number of carbonyl (C=O) groups excluding carboxylic acids is 3. The highest BCUT2D eigenvalue weighted by Gasteiger charge is 2.45. The third-order valence-corrected chi connectivity index (χ3v) is 5.17. The normalized spacial score (nSPS) is 21.0. The molecule has 27 heavy (non-hydrogen) atoms. The molecule has 2 N–H and O–H groups in total. The van der Waals surface area contributed by atoms with Gasteiger partial charge in [-0.05, 0) is 37.1 Å². The Hall–Kier alpha value is -2.83. The first-order valence-corrected chi connectivity index (χ1v) is 9.29. The first-order valence-electron chi connectivity index (χ1n) is 9.29. The summed E-state index contributed by atoms with van der Waals surface area (Å²) in [6.45, 7) is 3.90. The van der Waals surface area contributed by atoms with Crippen LogP contribution in [0.25, 0.3) is 0 Å². The molecule has 3 rings (SSSR count). The zero-order valence-corrected chi connectivity index (χ0v) is 15.8. The Balaban J connectivity index is 1.74. The van der Waals surface area contributed by atoms with Crippen LogP contribution in [-0.4, -0.2) is 42.9 Å². The second kappa shape index (κ2) is 7.82. The largest absolute Gasteiger partial charge is 0.378 e. The monoisotopic (exact) mass is 370 g/mol. The molecule has 1 saturated carbocycles.